The largest absolute Gasteiger partial charge is 0.481 e. The predicted octanol–water partition coefficient (Wildman–Crippen LogP) is 3.23. The van der Waals surface area contributed by atoms with Crippen LogP contribution < -0.4 is 0 Å². The van der Waals surface area contributed by atoms with E-state index in [2.05, 4.69) is 6.08 Å². The van der Waals surface area contributed by atoms with Crippen LogP contribution in [-0.2, 0) is 4.79 Å². The zero-order chi connectivity index (χ0) is 10.9. The maximum absolute atomic E-state index is 10.9. The Balaban J connectivity index is 2.05. The summed E-state index contributed by atoms with van der Waals surface area (Å²) in [6.07, 6.45) is 10.5. The zero-order valence-electron chi connectivity index (χ0n) is 9.41. The van der Waals surface area contributed by atoms with Gasteiger partial charge in [-0.25, -0.2) is 0 Å². The van der Waals surface area contributed by atoms with Crippen LogP contribution in [0.3, 0.4) is 0 Å². The molecule has 0 spiro atoms. The number of rotatable bonds is 4. The SMILES string of the molecule is C/C=C/C[C@]1(CC(=O)O)C[C@H]2CC[C@H]2C1. The molecule has 1 N–H and O–H groups in total. The maximum atomic E-state index is 10.9. The van der Waals surface area contributed by atoms with Gasteiger partial charge in [-0.1, -0.05) is 12.2 Å². The minimum atomic E-state index is -0.624. The smallest absolute Gasteiger partial charge is 0.303 e. The minimum absolute atomic E-state index is 0.0875. The molecule has 0 radical (unpaired) electrons. The van der Waals surface area contributed by atoms with E-state index in [0.29, 0.717) is 6.42 Å². The fraction of sp³-hybridized carbons (Fsp3) is 0.769. The normalized spacial score (nSPS) is 39.0. The van der Waals surface area contributed by atoms with Crippen LogP contribution in [0.1, 0.15) is 45.4 Å². The van der Waals surface area contributed by atoms with Crippen molar-refractivity contribution in [3.8, 4) is 0 Å². The van der Waals surface area contributed by atoms with Crippen molar-refractivity contribution in [1.82, 2.24) is 0 Å². The fourth-order valence-corrected chi connectivity index (χ4v) is 3.44. The summed E-state index contributed by atoms with van der Waals surface area (Å²) in [7, 11) is 0. The van der Waals surface area contributed by atoms with Crippen molar-refractivity contribution < 1.29 is 9.90 Å². The van der Waals surface area contributed by atoms with E-state index in [4.69, 9.17) is 5.11 Å². The van der Waals surface area contributed by atoms with Crippen LogP contribution in [0.2, 0.25) is 0 Å². The maximum Gasteiger partial charge on any atom is 0.303 e. The fourth-order valence-electron chi connectivity index (χ4n) is 3.44. The number of carbonyl (C=O) groups is 1. The first-order valence-electron chi connectivity index (χ1n) is 5.98. The van der Waals surface area contributed by atoms with E-state index < -0.39 is 5.97 Å². The monoisotopic (exact) mass is 208 g/mol. The quantitative estimate of drug-likeness (QED) is 0.720. The molecular formula is C13H20O2. The Morgan fingerprint density at radius 2 is 2.00 bits per heavy atom. The highest BCUT2D eigenvalue weighted by molar-refractivity contribution is 5.67. The summed E-state index contributed by atoms with van der Waals surface area (Å²) in [5.74, 6) is 1.06. The summed E-state index contributed by atoms with van der Waals surface area (Å²) in [6, 6.07) is 0. The molecule has 2 saturated carbocycles. The van der Waals surface area contributed by atoms with Crippen molar-refractivity contribution in [3.63, 3.8) is 0 Å². The number of aliphatic carboxylic acids is 1. The van der Waals surface area contributed by atoms with Gasteiger partial charge in [0, 0.05) is 0 Å². The third-order valence-electron chi connectivity index (χ3n) is 4.28. The molecule has 0 aromatic heterocycles. The molecule has 0 unspecified atom stereocenters. The van der Waals surface area contributed by atoms with Crippen LogP contribution >= 0.6 is 0 Å². The summed E-state index contributed by atoms with van der Waals surface area (Å²) >= 11 is 0. The van der Waals surface area contributed by atoms with E-state index in [0.717, 1.165) is 31.1 Å². The Hall–Kier alpha value is -0.790. The third-order valence-corrected chi connectivity index (χ3v) is 4.28. The van der Waals surface area contributed by atoms with Gasteiger partial charge in [0.05, 0.1) is 6.42 Å². The second kappa shape index (κ2) is 3.99. The molecule has 2 rings (SSSR count). The number of allylic oxidation sites excluding steroid dienone is 2. The average molecular weight is 208 g/mol. The van der Waals surface area contributed by atoms with E-state index in [-0.39, 0.29) is 5.41 Å². The first kappa shape index (κ1) is 10.7. The molecule has 0 heterocycles. The summed E-state index contributed by atoms with van der Waals surface area (Å²) in [4.78, 5) is 10.9. The van der Waals surface area contributed by atoms with Gasteiger partial charge in [-0.15, -0.1) is 0 Å². The molecular weight excluding hydrogens is 188 g/mol. The minimum Gasteiger partial charge on any atom is -0.481 e. The lowest BCUT2D eigenvalue weighted by Gasteiger charge is -2.29. The van der Waals surface area contributed by atoms with E-state index >= 15 is 0 Å². The Bertz CT molecular complexity index is 268. The molecule has 15 heavy (non-hydrogen) atoms. The molecule has 2 nitrogen and oxygen atoms in total. The van der Waals surface area contributed by atoms with Gasteiger partial charge in [0.25, 0.3) is 0 Å². The van der Waals surface area contributed by atoms with Crippen LogP contribution in [0, 0.1) is 17.3 Å². The van der Waals surface area contributed by atoms with Crippen molar-refractivity contribution in [1.29, 1.82) is 0 Å². The van der Waals surface area contributed by atoms with Gasteiger partial charge in [0.1, 0.15) is 0 Å². The van der Waals surface area contributed by atoms with Gasteiger partial charge in [0.15, 0.2) is 0 Å². The van der Waals surface area contributed by atoms with Gasteiger partial charge in [0.2, 0.25) is 0 Å². The van der Waals surface area contributed by atoms with Gasteiger partial charge in [-0.3, -0.25) is 4.79 Å². The summed E-state index contributed by atoms with van der Waals surface area (Å²) in [5.41, 5.74) is 0.0875. The number of fused-ring (bicyclic) bond motifs is 1. The molecule has 0 saturated heterocycles. The van der Waals surface area contributed by atoms with Crippen LogP contribution in [-0.4, -0.2) is 11.1 Å². The van der Waals surface area contributed by atoms with Crippen molar-refractivity contribution in [2.24, 2.45) is 17.3 Å². The van der Waals surface area contributed by atoms with Crippen molar-refractivity contribution in [3.05, 3.63) is 12.2 Å². The summed E-state index contributed by atoms with van der Waals surface area (Å²) in [5, 5.41) is 9.01. The van der Waals surface area contributed by atoms with E-state index in [9.17, 15) is 4.79 Å². The Morgan fingerprint density at radius 3 is 2.40 bits per heavy atom. The zero-order valence-corrected chi connectivity index (χ0v) is 9.41. The molecule has 2 aliphatic rings. The molecule has 0 aromatic carbocycles. The molecule has 2 aliphatic carbocycles. The van der Waals surface area contributed by atoms with Crippen molar-refractivity contribution in [2.75, 3.05) is 0 Å². The van der Waals surface area contributed by atoms with Gasteiger partial charge in [-0.2, -0.15) is 0 Å². The highest BCUT2D eigenvalue weighted by Crippen LogP contribution is 2.58. The molecule has 84 valence electrons. The second-order valence-electron chi connectivity index (χ2n) is 5.35. The third kappa shape index (κ3) is 2.09. The lowest BCUT2D eigenvalue weighted by Crippen LogP contribution is -2.20. The Labute approximate surface area is 91.4 Å². The Kier molecular flexibility index (Phi) is 2.85. The van der Waals surface area contributed by atoms with Crippen LogP contribution in [0.15, 0.2) is 12.2 Å². The lowest BCUT2D eigenvalue weighted by atomic mass is 9.77. The molecule has 0 aromatic rings. The number of carboxylic acids is 1. The van der Waals surface area contributed by atoms with E-state index in [1.54, 1.807) is 0 Å². The standard InChI is InChI=1S/C13H20O2/c1-2-3-6-13(9-12(14)15)7-10-4-5-11(10)8-13/h2-3,10-11H,4-9H2,1H3,(H,14,15)/b3-2+/t10-,11+,13+. The van der Waals surface area contributed by atoms with Crippen LogP contribution in [0.25, 0.3) is 0 Å². The highest BCUT2D eigenvalue weighted by atomic mass is 16.4. The van der Waals surface area contributed by atoms with Crippen molar-refractivity contribution >= 4 is 5.97 Å². The van der Waals surface area contributed by atoms with Crippen molar-refractivity contribution in [2.45, 2.75) is 45.4 Å². The lowest BCUT2D eigenvalue weighted by molar-refractivity contribution is -0.139. The summed E-state index contributed by atoms with van der Waals surface area (Å²) < 4.78 is 0. The number of hydrogen-bond donors (Lipinski definition) is 1. The summed E-state index contributed by atoms with van der Waals surface area (Å²) in [6.45, 7) is 2.01. The van der Waals surface area contributed by atoms with Crippen LogP contribution in [0.4, 0.5) is 0 Å². The molecule has 3 atom stereocenters. The van der Waals surface area contributed by atoms with Gasteiger partial charge in [-0.05, 0) is 56.3 Å². The predicted molar refractivity (Wildman–Crippen MR) is 59.6 cm³/mol. The average Bonchev–Trinajstić information content (AvgIpc) is 2.39. The van der Waals surface area contributed by atoms with Gasteiger partial charge < -0.3 is 5.11 Å². The molecule has 0 bridgehead atoms. The first-order valence-corrected chi connectivity index (χ1v) is 5.98. The second-order valence-corrected chi connectivity index (χ2v) is 5.35. The van der Waals surface area contributed by atoms with E-state index in [1.165, 1.54) is 12.8 Å². The highest BCUT2D eigenvalue weighted by Gasteiger charge is 2.49. The Morgan fingerprint density at radius 1 is 1.40 bits per heavy atom. The molecule has 2 heteroatoms. The topological polar surface area (TPSA) is 37.3 Å². The number of carboxylic acid groups (broad SMARTS) is 1. The molecule has 0 aliphatic heterocycles. The van der Waals surface area contributed by atoms with Crippen LogP contribution in [0.5, 0.6) is 0 Å². The van der Waals surface area contributed by atoms with Gasteiger partial charge >= 0.3 is 5.97 Å². The number of hydrogen-bond acceptors (Lipinski definition) is 1. The molecule has 2 fully saturated rings. The first-order chi connectivity index (χ1) is 7.15. The molecule has 0 amide bonds. The van der Waals surface area contributed by atoms with E-state index in [1.807, 2.05) is 13.0 Å².